The molecule has 2 amide bonds. The first-order valence-electron chi connectivity index (χ1n) is 7.64. The Morgan fingerprint density at radius 2 is 2.18 bits per heavy atom. The van der Waals surface area contributed by atoms with Crippen molar-refractivity contribution in [3.8, 4) is 0 Å². The van der Waals surface area contributed by atoms with Gasteiger partial charge in [-0.2, -0.15) is 0 Å². The number of likely N-dealkylation sites (tertiary alicyclic amines) is 1. The molecule has 22 heavy (non-hydrogen) atoms. The molecular weight excluding hydrogens is 284 g/mol. The zero-order chi connectivity index (χ0) is 15.7. The van der Waals surface area contributed by atoms with E-state index in [0.29, 0.717) is 13.2 Å². The summed E-state index contributed by atoms with van der Waals surface area (Å²) in [5.41, 5.74) is 0. The summed E-state index contributed by atoms with van der Waals surface area (Å²) >= 11 is 0. The van der Waals surface area contributed by atoms with E-state index in [-0.39, 0.29) is 18.0 Å². The number of β-lactam (4-membered cyclic amide) rings is 1. The first-order valence-corrected chi connectivity index (χ1v) is 7.64. The highest BCUT2D eigenvalue weighted by Gasteiger charge is 2.53. The summed E-state index contributed by atoms with van der Waals surface area (Å²) in [6.07, 6.45) is 5.75. The van der Waals surface area contributed by atoms with Crippen LogP contribution in [0, 0.1) is 0 Å². The van der Waals surface area contributed by atoms with Gasteiger partial charge in [0, 0.05) is 6.54 Å². The van der Waals surface area contributed by atoms with Gasteiger partial charge in [0.25, 0.3) is 0 Å². The summed E-state index contributed by atoms with van der Waals surface area (Å²) in [5.74, 6) is 0.707. The third kappa shape index (κ3) is 2.28. The maximum Gasteiger partial charge on any atom is 0.410 e. The molecular formula is C16H20N2O4. The van der Waals surface area contributed by atoms with Crippen LogP contribution in [0.15, 0.2) is 28.9 Å². The predicted molar refractivity (Wildman–Crippen MR) is 80.0 cm³/mol. The van der Waals surface area contributed by atoms with Crippen molar-refractivity contribution in [2.45, 2.75) is 38.4 Å². The second-order valence-corrected chi connectivity index (χ2v) is 5.48. The van der Waals surface area contributed by atoms with E-state index >= 15 is 0 Å². The highest BCUT2D eigenvalue weighted by molar-refractivity contribution is 5.93. The van der Waals surface area contributed by atoms with Gasteiger partial charge in [-0.3, -0.25) is 9.69 Å². The molecule has 0 saturated carbocycles. The quantitative estimate of drug-likeness (QED) is 0.782. The highest BCUT2D eigenvalue weighted by Crippen LogP contribution is 2.31. The van der Waals surface area contributed by atoms with Gasteiger partial charge in [-0.15, -0.1) is 0 Å². The lowest BCUT2D eigenvalue weighted by Crippen LogP contribution is -2.71. The lowest BCUT2D eigenvalue weighted by Gasteiger charge is -2.49. The molecule has 6 nitrogen and oxygen atoms in total. The van der Waals surface area contributed by atoms with Crippen LogP contribution in [0.25, 0.3) is 6.08 Å². The summed E-state index contributed by atoms with van der Waals surface area (Å²) in [4.78, 5) is 27.7. The van der Waals surface area contributed by atoms with Gasteiger partial charge in [0.1, 0.15) is 18.4 Å². The first kappa shape index (κ1) is 14.7. The Kier molecular flexibility index (Phi) is 3.92. The van der Waals surface area contributed by atoms with Gasteiger partial charge < -0.3 is 14.1 Å². The van der Waals surface area contributed by atoms with Crippen molar-refractivity contribution in [2.24, 2.45) is 0 Å². The number of ether oxygens (including phenoxy) is 1. The van der Waals surface area contributed by atoms with Gasteiger partial charge in [0.2, 0.25) is 5.91 Å². The smallest absolute Gasteiger partial charge is 0.410 e. The van der Waals surface area contributed by atoms with Crippen molar-refractivity contribution in [3.05, 3.63) is 30.2 Å². The van der Waals surface area contributed by atoms with Gasteiger partial charge in [0.15, 0.2) is 0 Å². The van der Waals surface area contributed by atoms with E-state index in [1.54, 1.807) is 16.1 Å². The fraction of sp³-hybridized carbons (Fsp3) is 0.500. The number of nitrogens with zero attached hydrogens (tertiary/aromatic N) is 2. The third-order valence-electron chi connectivity index (χ3n) is 4.34. The Morgan fingerprint density at radius 1 is 1.36 bits per heavy atom. The Hall–Kier alpha value is -2.24. The molecule has 3 heterocycles. The minimum Gasteiger partial charge on any atom is -0.465 e. The maximum atomic E-state index is 12.4. The summed E-state index contributed by atoms with van der Waals surface area (Å²) in [7, 11) is 0. The average Bonchev–Trinajstić information content (AvgIpc) is 3.14. The molecule has 118 valence electrons. The van der Waals surface area contributed by atoms with E-state index in [1.807, 2.05) is 38.1 Å². The van der Waals surface area contributed by atoms with Crippen LogP contribution in [0.2, 0.25) is 0 Å². The van der Waals surface area contributed by atoms with Crippen LogP contribution < -0.4 is 0 Å². The second kappa shape index (κ2) is 5.87. The van der Waals surface area contributed by atoms with Gasteiger partial charge >= 0.3 is 6.09 Å². The fourth-order valence-electron chi connectivity index (χ4n) is 3.12. The molecule has 2 aliphatic heterocycles. The molecule has 0 spiro atoms. The van der Waals surface area contributed by atoms with Crippen LogP contribution >= 0.6 is 0 Å². The monoisotopic (exact) mass is 304 g/mol. The van der Waals surface area contributed by atoms with Crippen molar-refractivity contribution in [3.63, 3.8) is 0 Å². The largest absolute Gasteiger partial charge is 0.465 e. The molecule has 2 aliphatic rings. The average molecular weight is 304 g/mol. The van der Waals surface area contributed by atoms with Crippen LogP contribution in [-0.4, -0.2) is 53.1 Å². The van der Waals surface area contributed by atoms with Crippen LogP contribution in [0.5, 0.6) is 0 Å². The Labute approximate surface area is 129 Å². The zero-order valence-corrected chi connectivity index (χ0v) is 12.8. The summed E-state index contributed by atoms with van der Waals surface area (Å²) < 4.78 is 10.4. The van der Waals surface area contributed by atoms with E-state index < -0.39 is 12.1 Å². The fourth-order valence-corrected chi connectivity index (χ4v) is 3.12. The number of hydrogen-bond acceptors (Lipinski definition) is 4. The molecule has 2 fully saturated rings. The zero-order valence-electron chi connectivity index (χ0n) is 12.8. The first-order chi connectivity index (χ1) is 10.7. The molecule has 2 saturated heterocycles. The second-order valence-electron chi connectivity index (χ2n) is 5.48. The summed E-state index contributed by atoms with van der Waals surface area (Å²) in [6, 6.07) is 3.03. The number of furan rings is 1. The van der Waals surface area contributed by atoms with E-state index in [2.05, 4.69) is 0 Å². The predicted octanol–water partition coefficient (Wildman–Crippen LogP) is 2.12. The number of likely N-dealkylation sites (N-methyl/N-ethyl adjacent to an activating group) is 1. The summed E-state index contributed by atoms with van der Waals surface area (Å²) in [6.45, 7) is 4.90. The van der Waals surface area contributed by atoms with E-state index in [4.69, 9.17) is 9.15 Å². The van der Waals surface area contributed by atoms with Crippen molar-refractivity contribution >= 4 is 18.1 Å². The number of amides is 2. The number of cyclic esters (lactones) is 1. The topological polar surface area (TPSA) is 63.0 Å². The highest BCUT2D eigenvalue weighted by atomic mass is 16.6. The molecule has 6 heteroatoms. The van der Waals surface area contributed by atoms with Gasteiger partial charge in [-0.25, -0.2) is 4.79 Å². The maximum absolute atomic E-state index is 12.4. The van der Waals surface area contributed by atoms with E-state index in [9.17, 15) is 9.59 Å². The standard InChI is InChI=1S/C16H20N2O4/c1-3-11-10-22-16(20)18(11)14-13(17(4-2)15(14)19)8-7-12-6-5-9-21-12/h5-9,11,13-14H,3-4,10H2,1-2H3. The van der Waals surface area contributed by atoms with Gasteiger partial charge in [0.05, 0.1) is 18.3 Å². The molecule has 0 N–H and O–H groups in total. The molecule has 0 bridgehead atoms. The number of hydrogen-bond donors (Lipinski definition) is 0. The van der Waals surface area contributed by atoms with Crippen molar-refractivity contribution < 1.29 is 18.7 Å². The van der Waals surface area contributed by atoms with Gasteiger partial charge in [-0.05, 0) is 31.6 Å². The Morgan fingerprint density at radius 3 is 2.82 bits per heavy atom. The van der Waals surface area contributed by atoms with Crippen molar-refractivity contribution in [1.82, 2.24) is 9.80 Å². The normalized spacial score (nSPS) is 28.4. The SMILES string of the molecule is CCC1COC(=O)N1C1C(=O)N(CC)C1C=Cc1ccco1. The van der Waals surface area contributed by atoms with Crippen molar-refractivity contribution in [1.29, 1.82) is 0 Å². The Balaban J connectivity index is 1.82. The van der Waals surface area contributed by atoms with Crippen LogP contribution in [0.1, 0.15) is 26.0 Å². The number of carbonyl (C=O) groups is 2. The van der Waals surface area contributed by atoms with E-state index in [1.165, 1.54) is 0 Å². The van der Waals surface area contributed by atoms with Crippen molar-refractivity contribution in [2.75, 3.05) is 13.2 Å². The Bertz CT molecular complexity index is 581. The number of carbonyl (C=O) groups excluding carboxylic acids is 2. The molecule has 1 aromatic rings. The molecule has 0 aromatic carbocycles. The van der Waals surface area contributed by atoms with Crippen LogP contribution in [0.3, 0.4) is 0 Å². The minimum absolute atomic E-state index is 0.0195. The molecule has 0 radical (unpaired) electrons. The minimum atomic E-state index is -0.467. The van der Waals surface area contributed by atoms with E-state index in [0.717, 1.165) is 12.2 Å². The lowest BCUT2D eigenvalue weighted by atomic mass is 9.91. The lowest BCUT2D eigenvalue weighted by molar-refractivity contribution is -0.154. The third-order valence-corrected chi connectivity index (χ3v) is 4.34. The van der Waals surface area contributed by atoms with Crippen LogP contribution in [0.4, 0.5) is 4.79 Å². The van der Waals surface area contributed by atoms with Gasteiger partial charge in [-0.1, -0.05) is 13.0 Å². The summed E-state index contributed by atoms with van der Waals surface area (Å²) in [5, 5.41) is 0. The molecule has 1 aromatic heterocycles. The molecule has 3 atom stereocenters. The van der Waals surface area contributed by atoms with Crippen LogP contribution in [-0.2, 0) is 9.53 Å². The number of rotatable bonds is 5. The molecule has 0 aliphatic carbocycles. The molecule has 3 unspecified atom stereocenters. The molecule has 3 rings (SSSR count).